The Balaban J connectivity index is 1.62. The number of likely N-dealkylation sites (N-methyl/N-ethyl adjacent to an activating group) is 1. The summed E-state index contributed by atoms with van der Waals surface area (Å²) in [5.41, 5.74) is 0.599. The lowest BCUT2D eigenvalue weighted by Gasteiger charge is -2.17. The summed E-state index contributed by atoms with van der Waals surface area (Å²) in [6, 6.07) is 0.546. The Bertz CT molecular complexity index is 218. The van der Waals surface area contributed by atoms with E-state index in [1.165, 1.54) is 13.0 Å². The highest BCUT2D eigenvalue weighted by molar-refractivity contribution is 4.96. The second-order valence-corrected chi connectivity index (χ2v) is 5.74. The van der Waals surface area contributed by atoms with E-state index in [2.05, 4.69) is 24.5 Å². The summed E-state index contributed by atoms with van der Waals surface area (Å²) in [5, 5.41) is 6.91. The lowest BCUT2D eigenvalue weighted by atomic mass is 10.0. The van der Waals surface area contributed by atoms with Gasteiger partial charge < -0.3 is 15.4 Å². The molecule has 1 heterocycles. The summed E-state index contributed by atoms with van der Waals surface area (Å²) in [4.78, 5) is 0. The summed E-state index contributed by atoms with van der Waals surface area (Å²) < 4.78 is 5.47. The largest absolute Gasteiger partial charge is 0.379 e. The third kappa shape index (κ3) is 2.71. The van der Waals surface area contributed by atoms with Gasteiger partial charge in [-0.25, -0.2) is 0 Å². The minimum Gasteiger partial charge on any atom is -0.379 e. The highest BCUT2D eigenvalue weighted by Crippen LogP contribution is 2.50. The third-order valence-electron chi connectivity index (χ3n) is 4.08. The fourth-order valence-corrected chi connectivity index (χ4v) is 2.49. The standard InChI is InChI=1S/C12H24N2O/c1-12(2)4-10(12)6-14-5-9-7-15-8-11(9)13-3/h9-11,13-14H,4-8H2,1-3H3. The molecule has 3 nitrogen and oxygen atoms in total. The Hall–Kier alpha value is -0.120. The molecule has 3 unspecified atom stereocenters. The fourth-order valence-electron chi connectivity index (χ4n) is 2.49. The van der Waals surface area contributed by atoms with Crippen LogP contribution in [0.3, 0.4) is 0 Å². The fraction of sp³-hybridized carbons (Fsp3) is 1.00. The molecule has 0 bridgehead atoms. The van der Waals surface area contributed by atoms with Gasteiger partial charge in [-0.3, -0.25) is 0 Å². The molecule has 2 rings (SSSR count). The van der Waals surface area contributed by atoms with Gasteiger partial charge >= 0.3 is 0 Å². The van der Waals surface area contributed by atoms with Gasteiger partial charge in [-0.15, -0.1) is 0 Å². The number of ether oxygens (including phenoxy) is 1. The molecule has 2 aliphatic rings. The lowest BCUT2D eigenvalue weighted by Crippen LogP contribution is -2.38. The van der Waals surface area contributed by atoms with Crippen molar-refractivity contribution in [3.63, 3.8) is 0 Å². The highest BCUT2D eigenvalue weighted by Gasteiger charge is 2.44. The summed E-state index contributed by atoms with van der Waals surface area (Å²) in [6.45, 7) is 8.77. The topological polar surface area (TPSA) is 33.3 Å². The van der Waals surface area contributed by atoms with Gasteiger partial charge in [0.15, 0.2) is 0 Å². The Kier molecular flexibility index (Phi) is 3.33. The van der Waals surface area contributed by atoms with Crippen LogP contribution in [0, 0.1) is 17.3 Å². The van der Waals surface area contributed by atoms with E-state index in [1.54, 1.807) is 0 Å². The normalized spacial score (nSPS) is 38.2. The van der Waals surface area contributed by atoms with Crippen LogP contribution < -0.4 is 10.6 Å². The Morgan fingerprint density at radius 1 is 1.27 bits per heavy atom. The quantitative estimate of drug-likeness (QED) is 0.709. The zero-order valence-electron chi connectivity index (χ0n) is 10.2. The van der Waals surface area contributed by atoms with Crippen molar-refractivity contribution in [2.75, 3.05) is 33.4 Å². The van der Waals surface area contributed by atoms with Gasteiger partial charge in [0.1, 0.15) is 0 Å². The molecule has 0 aromatic carbocycles. The number of hydrogen-bond donors (Lipinski definition) is 2. The molecule has 1 aliphatic heterocycles. The van der Waals surface area contributed by atoms with Crippen LogP contribution in [0.25, 0.3) is 0 Å². The highest BCUT2D eigenvalue weighted by atomic mass is 16.5. The molecule has 3 atom stereocenters. The SMILES string of the molecule is CNC1COCC1CNCC1CC1(C)C. The van der Waals surface area contributed by atoms with Gasteiger partial charge in [-0.2, -0.15) is 0 Å². The van der Waals surface area contributed by atoms with Crippen molar-refractivity contribution in [3.05, 3.63) is 0 Å². The Morgan fingerprint density at radius 2 is 2.00 bits per heavy atom. The van der Waals surface area contributed by atoms with Gasteiger partial charge in [0.2, 0.25) is 0 Å². The van der Waals surface area contributed by atoms with Gasteiger partial charge in [-0.1, -0.05) is 13.8 Å². The van der Waals surface area contributed by atoms with E-state index in [0.717, 1.165) is 25.7 Å². The maximum atomic E-state index is 5.47. The first-order valence-corrected chi connectivity index (χ1v) is 6.09. The maximum absolute atomic E-state index is 5.47. The first-order chi connectivity index (χ1) is 7.13. The van der Waals surface area contributed by atoms with Crippen LogP contribution in [-0.4, -0.2) is 39.4 Å². The molecule has 1 saturated heterocycles. The van der Waals surface area contributed by atoms with Crippen LogP contribution >= 0.6 is 0 Å². The van der Waals surface area contributed by atoms with E-state index in [0.29, 0.717) is 17.4 Å². The molecule has 88 valence electrons. The maximum Gasteiger partial charge on any atom is 0.0623 e. The first-order valence-electron chi connectivity index (χ1n) is 6.09. The van der Waals surface area contributed by atoms with E-state index in [1.807, 2.05) is 7.05 Å². The van der Waals surface area contributed by atoms with E-state index in [4.69, 9.17) is 4.74 Å². The van der Waals surface area contributed by atoms with Crippen molar-refractivity contribution in [1.82, 2.24) is 10.6 Å². The van der Waals surface area contributed by atoms with Crippen molar-refractivity contribution >= 4 is 0 Å². The minimum atomic E-state index is 0.546. The summed E-state index contributed by atoms with van der Waals surface area (Å²) in [6.07, 6.45) is 1.39. The zero-order valence-corrected chi connectivity index (χ0v) is 10.2. The molecule has 1 saturated carbocycles. The second-order valence-electron chi connectivity index (χ2n) is 5.74. The van der Waals surface area contributed by atoms with Crippen molar-refractivity contribution in [1.29, 1.82) is 0 Å². The van der Waals surface area contributed by atoms with Crippen LogP contribution in [0.4, 0.5) is 0 Å². The van der Waals surface area contributed by atoms with Crippen molar-refractivity contribution < 1.29 is 4.74 Å². The molecule has 0 amide bonds. The van der Waals surface area contributed by atoms with E-state index >= 15 is 0 Å². The number of nitrogens with one attached hydrogen (secondary N) is 2. The van der Waals surface area contributed by atoms with E-state index in [9.17, 15) is 0 Å². The van der Waals surface area contributed by atoms with Crippen LogP contribution in [0.5, 0.6) is 0 Å². The van der Waals surface area contributed by atoms with Crippen molar-refractivity contribution in [2.45, 2.75) is 26.3 Å². The van der Waals surface area contributed by atoms with Crippen LogP contribution in [0.2, 0.25) is 0 Å². The average Bonchev–Trinajstić information content (AvgIpc) is 2.64. The molecule has 2 fully saturated rings. The van der Waals surface area contributed by atoms with Crippen LogP contribution in [0.15, 0.2) is 0 Å². The van der Waals surface area contributed by atoms with Gasteiger partial charge in [0.05, 0.1) is 13.2 Å². The van der Waals surface area contributed by atoms with Crippen LogP contribution in [0.1, 0.15) is 20.3 Å². The van der Waals surface area contributed by atoms with Crippen LogP contribution in [-0.2, 0) is 4.74 Å². The van der Waals surface area contributed by atoms with Crippen molar-refractivity contribution in [2.24, 2.45) is 17.3 Å². The summed E-state index contributed by atoms with van der Waals surface area (Å²) in [7, 11) is 2.02. The smallest absolute Gasteiger partial charge is 0.0623 e. The van der Waals surface area contributed by atoms with Gasteiger partial charge in [-0.05, 0) is 31.3 Å². The van der Waals surface area contributed by atoms with Gasteiger partial charge in [0, 0.05) is 18.5 Å². The Morgan fingerprint density at radius 3 is 2.60 bits per heavy atom. The summed E-state index contributed by atoms with van der Waals surface area (Å²) >= 11 is 0. The minimum absolute atomic E-state index is 0.546. The molecule has 15 heavy (non-hydrogen) atoms. The zero-order chi connectivity index (χ0) is 10.9. The van der Waals surface area contributed by atoms with E-state index < -0.39 is 0 Å². The molecule has 0 radical (unpaired) electrons. The summed E-state index contributed by atoms with van der Waals surface area (Å²) in [5.74, 6) is 1.55. The molecule has 0 spiro atoms. The average molecular weight is 212 g/mol. The molecule has 0 aromatic rings. The number of rotatable bonds is 5. The monoisotopic (exact) mass is 212 g/mol. The molecule has 0 aromatic heterocycles. The lowest BCUT2D eigenvalue weighted by molar-refractivity contribution is 0.182. The van der Waals surface area contributed by atoms with Crippen molar-refractivity contribution in [3.8, 4) is 0 Å². The molecule has 2 N–H and O–H groups in total. The molecular formula is C12H24N2O. The van der Waals surface area contributed by atoms with E-state index in [-0.39, 0.29) is 0 Å². The predicted octanol–water partition coefficient (Wildman–Crippen LogP) is 0.856. The molecule has 1 aliphatic carbocycles. The van der Waals surface area contributed by atoms with Gasteiger partial charge in [0.25, 0.3) is 0 Å². The molecule has 3 heteroatoms. The predicted molar refractivity (Wildman–Crippen MR) is 61.9 cm³/mol. The first kappa shape index (κ1) is 11.4. The Labute approximate surface area is 93.0 Å². The second kappa shape index (κ2) is 4.40. The number of hydrogen-bond acceptors (Lipinski definition) is 3. The third-order valence-corrected chi connectivity index (χ3v) is 4.08. The molecular weight excluding hydrogens is 188 g/mol.